The van der Waals surface area contributed by atoms with Crippen molar-refractivity contribution < 1.29 is 33.5 Å². The molecule has 2 fully saturated rings. The van der Waals surface area contributed by atoms with Gasteiger partial charge in [0.25, 0.3) is 5.91 Å². The van der Waals surface area contributed by atoms with Crippen molar-refractivity contribution in [1.29, 1.82) is 0 Å². The van der Waals surface area contributed by atoms with Gasteiger partial charge in [-0.15, -0.1) is 23.5 Å². The highest BCUT2D eigenvalue weighted by Gasteiger charge is 2.53. The topological polar surface area (TPSA) is 205 Å². The van der Waals surface area contributed by atoms with E-state index in [9.17, 15) is 28.8 Å². The third-order valence-electron chi connectivity index (χ3n) is 8.81. The van der Waals surface area contributed by atoms with Crippen LogP contribution in [-0.4, -0.2) is 109 Å². The van der Waals surface area contributed by atoms with Gasteiger partial charge in [-0.2, -0.15) is 5.10 Å². The molecule has 2 saturated heterocycles. The molecule has 1 spiro atoms. The number of carbonyl (C=O) groups is 6. The number of Topliss-reactive ketones (excluding diaryl/α,β-unsaturated/α-hetero) is 1. The third-order valence-corrected chi connectivity index (χ3v) is 12.1. The predicted molar refractivity (Wildman–Crippen MR) is 203 cm³/mol. The second kappa shape index (κ2) is 18.8. The first-order valence-electron chi connectivity index (χ1n) is 18.0. The lowest BCUT2D eigenvalue weighted by Crippen LogP contribution is -2.59. The Kier molecular flexibility index (Phi) is 14.7. The number of carbonyl (C=O) groups excluding carboxylic acids is 6. The highest BCUT2D eigenvalue weighted by Crippen LogP contribution is 2.50. The highest BCUT2D eigenvalue weighted by atomic mass is 32.2. The van der Waals surface area contributed by atoms with Crippen LogP contribution in [0.15, 0.2) is 36.7 Å². The van der Waals surface area contributed by atoms with Crippen LogP contribution in [0, 0.1) is 11.3 Å². The van der Waals surface area contributed by atoms with Crippen molar-refractivity contribution in [2.24, 2.45) is 11.3 Å². The number of aromatic amines is 1. The number of ketones is 1. The minimum absolute atomic E-state index is 0.103. The molecule has 2 aromatic rings. The van der Waals surface area contributed by atoms with Crippen LogP contribution in [0.1, 0.15) is 84.7 Å². The molecule has 0 bridgehead atoms. The van der Waals surface area contributed by atoms with Crippen molar-refractivity contribution in [3.8, 4) is 0 Å². The largest absolute Gasteiger partial charge is 0.449 e. The zero-order valence-electron chi connectivity index (χ0n) is 31.2. The van der Waals surface area contributed by atoms with E-state index >= 15 is 0 Å². The number of thioether (sulfide) groups is 2. The number of benzene rings is 1. The van der Waals surface area contributed by atoms with Crippen molar-refractivity contribution in [2.75, 3.05) is 31.2 Å². The third kappa shape index (κ3) is 11.4. The second-order valence-corrected chi connectivity index (χ2v) is 18.0. The van der Waals surface area contributed by atoms with E-state index in [2.05, 4.69) is 36.4 Å². The molecule has 3 heterocycles. The van der Waals surface area contributed by atoms with Crippen LogP contribution in [0.4, 0.5) is 4.79 Å². The summed E-state index contributed by atoms with van der Waals surface area (Å²) in [7, 11) is 0. The van der Waals surface area contributed by atoms with Gasteiger partial charge < -0.3 is 30.9 Å². The average molecular weight is 773 g/mol. The van der Waals surface area contributed by atoms with Crippen LogP contribution in [-0.2, 0) is 28.7 Å². The van der Waals surface area contributed by atoms with Crippen molar-refractivity contribution in [2.45, 2.75) is 95.5 Å². The van der Waals surface area contributed by atoms with Gasteiger partial charge in [-0.3, -0.25) is 29.1 Å². The fourth-order valence-electron chi connectivity index (χ4n) is 6.10. The first-order valence-corrected chi connectivity index (χ1v) is 19.9. The Bertz CT molecular complexity index is 1580. The van der Waals surface area contributed by atoms with E-state index in [4.69, 9.17) is 4.74 Å². The summed E-state index contributed by atoms with van der Waals surface area (Å²) in [5.74, 6) is -1.25. The predicted octanol–water partition coefficient (Wildman–Crippen LogP) is 2.94. The number of ether oxygens (including phenoxy) is 1. The van der Waals surface area contributed by atoms with Crippen LogP contribution in [0.5, 0.6) is 0 Å². The number of nitrogens with zero attached hydrogens (tertiary/aromatic N) is 3. The molecule has 5 N–H and O–H groups in total. The summed E-state index contributed by atoms with van der Waals surface area (Å²) in [6.45, 7) is 11.1. The number of H-pyrrole nitrogens is 1. The Morgan fingerprint density at radius 3 is 2.34 bits per heavy atom. The van der Waals surface area contributed by atoms with Gasteiger partial charge in [-0.25, -0.2) is 9.78 Å². The van der Waals surface area contributed by atoms with Crippen LogP contribution in [0.3, 0.4) is 0 Å². The van der Waals surface area contributed by atoms with E-state index in [1.54, 1.807) is 23.5 Å². The van der Waals surface area contributed by atoms with Crippen molar-refractivity contribution in [1.82, 2.24) is 41.3 Å². The molecule has 17 heteroatoms. The number of alkyl carbamates (subject to hydrolysis) is 1. The minimum Gasteiger partial charge on any atom is -0.449 e. The minimum atomic E-state index is -1.19. The van der Waals surface area contributed by atoms with E-state index < -0.39 is 75.7 Å². The molecule has 4 rings (SSSR count). The van der Waals surface area contributed by atoms with E-state index in [0.717, 1.165) is 23.5 Å². The van der Waals surface area contributed by atoms with Gasteiger partial charge in [-0.05, 0) is 41.2 Å². The lowest BCUT2D eigenvalue weighted by molar-refractivity contribution is -0.144. The lowest BCUT2D eigenvalue weighted by atomic mass is 9.85. The molecule has 0 aliphatic carbocycles. The van der Waals surface area contributed by atoms with Crippen LogP contribution < -0.4 is 21.3 Å². The Balaban J connectivity index is 1.46. The second-order valence-electron chi connectivity index (χ2n) is 14.8. The Morgan fingerprint density at radius 1 is 1.04 bits per heavy atom. The molecule has 15 nitrogen and oxygen atoms in total. The Hall–Kier alpha value is -4.12. The van der Waals surface area contributed by atoms with E-state index in [-0.39, 0.29) is 25.5 Å². The van der Waals surface area contributed by atoms with Gasteiger partial charge in [-0.1, -0.05) is 78.3 Å². The molecular weight excluding hydrogens is 721 g/mol. The Labute approximate surface area is 319 Å². The molecule has 0 radical (unpaired) electrons. The quantitative estimate of drug-likeness (QED) is 0.167. The van der Waals surface area contributed by atoms with Crippen LogP contribution >= 0.6 is 23.5 Å². The SMILES string of the molecule is CCCC(NC(=O)[C@@H]1CC2(CN1C(=O)[C@H](NC(=O)OCC(C)C)C(C)(C)C)SCCCS2)C(=O)C(=O)NCC(=O)NC(c1ccccc1)c1ncn[nH]1. The maximum atomic E-state index is 14.3. The highest BCUT2D eigenvalue weighted by molar-refractivity contribution is 8.18. The monoisotopic (exact) mass is 772 g/mol. The van der Waals surface area contributed by atoms with Gasteiger partial charge in [0, 0.05) is 13.0 Å². The van der Waals surface area contributed by atoms with Crippen LogP contribution in [0.25, 0.3) is 0 Å². The number of rotatable bonds is 15. The fraction of sp³-hybridized carbons (Fsp3) is 0.611. The van der Waals surface area contributed by atoms with Gasteiger partial charge >= 0.3 is 6.09 Å². The summed E-state index contributed by atoms with van der Waals surface area (Å²) in [5, 5.41) is 17.3. The Morgan fingerprint density at radius 2 is 1.74 bits per heavy atom. The first-order chi connectivity index (χ1) is 25.1. The number of likely N-dealkylation sites (tertiary alicyclic amines) is 1. The summed E-state index contributed by atoms with van der Waals surface area (Å²) in [6, 6.07) is 5.25. The number of amides is 5. The zero-order chi connectivity index (χ0) is 38.8. The smallest absolute Gasteiger partial charge is 0.407 e. The van der Waals surface area contributed by atoms with E-state index in [0.29, 0.717) is 18.7 Å². The zero-order valence-corrected chi connectivity index (χ0v) is 32.9. The molecule has 0 saturated carbocycles. The fourth-order valence-corrected chi connectivity index (χ4v) is 9.45. The number of aromatic nitrogens is 3. The summed E-state index contributed by atoms with van der Waals surface area (Å²) < 4.78 is 4.89. The van der Waals surface area contributed by atoms with Gasteiger partial charge in [0.2, 0.25) is 23.5 Å². The molecule has 2 aliphatic heterocycles. The van der Waals surface area contributed by atoms with E-state index in [1.165, 1.54) is 11.2 Å². The van der Waals surface area contributed by atoms with Crippen LogP contribution in [0.2, 0.25) is 0 Å². The molecule has 5 amide bonds. The molecule has 4 atom stereocenters. The van der Waals surface area contributed by atoms with Gasteiger partial charge in [0.15, 0.2) is 5.82 Å². The van der Waals surface area contributed by atoms with Crippen molar-refractivity contribution in [3.63, 3.8) is 0 Å². The summed E-state index contributed by atoms with van der Waals surface area (Å²) >= 11 is 3.42. The molecule has 2 aliphatic rings. The lowest BCUT2D eigenvalue weighted by Gasteiger charge is -2.36. The number of nitrogens with one attached hydrogen (secondary N) is 5. The number of hydrogen-bond acceptors (Lipinski definition) is 11. The van der Waals surface area contributed by atoms with Crippen molar-refractivity contribution in [3.05, 3.63) is 48.0 Å². The standard InChI is InChI=1S/C36H52N8O7S2/c1-7-12-24(28(46)32(48)37-18-26(45)41-27(30-38-21-39-43-30)23-13-9-8-10-14-23)40-31(47)25-17-36(52-15-11-16-53-36)20-44(25)33(49)29(35(4,5)6)42-34(50)51-19-22(2)3/h8-10,13-14,21-22,24-25,27,29H,7,11-12,15-20H2,1-6H3,(H,37,48)(H,40,47)(H,41,45)(H,42,50)(H,38,39,43)/t24?,25-,27?,29-/m0/s1. The molecule has 1 aromatic heterocycles. The van der Waals surface area contributed by atoms with Gasteiger partial charge in [0.1, 0.15) is 24.5 Å². The molecular formula is C36H52N8O7S2. The first kappa shape index (κ1) is 41.6. The van der Waals surface area contributed by atoms with Crippen molar-refractivity contribution >= 4 is 59.0 Å². The summed E-state index contributed by atoms with van der Waals surface area (Å²) in [5.41, 5.74) is 0.00569. The summed E-state index contributed by atoms with van der Waals surface area (Å²) in [4.78, 5) is 86.4. The molecule has 1 aromatic carbocycles. The summed E-state index contributed by atoms with van der Waals surface area (Å²) in [6.07, 6.45) is 2.57. The molecule has 290 valence electrons. The van der Waals surface area contributed by atoms with Gasteiger partial charge in [0.05, 0.1) is 23.3 Å². The molecule has 2 unspecified atom stereocenters. The van der Waals surface area contributed by atoms with E-state index in [1.807, 2.05) is 71.9 Å². The molecule has 53 heavy (non-hydrogen) atoms. The number of hydrogen-bond donors (Lipinski definition) is 5. The average Bonchev–Trinajstić information content (AvgIpc) is 3.79. The maximum Gasteiger partial charge on any atom is 0.407 e. The maximum absolute atomic E-state index is 14.3. The normalized spacial score (nSPS) is 18.5.